The Morgan fingerprint density at radius 2 is 1.22 bits per heavy atom. The molecule has 2 aromatic carbocycles. The number of benzene rings is 2. The van der Waals surface area contributed by atoms with E-state index in [4.69, 9.17) is 14.5 Å². The molecule has 2 fully saturated rings. The second-order valence-electron chi connectivity index (χ2n) is 11.1. The molecular formula is C35H34F2N6O2. The van der Waals surface area contributed by atoms with Crippen molar-refractivity contribution in [3.05, 3.63) is 97.6 Å². The fourth-order valence-corrected chi connectivity index (χ4v) is 5.45. The first-order valence-electron chi connectivity index (χ1n) is 15.2. The van der Waals surface area contributed by atoms with Gasteiger partial charge >= 0.3 is 0 Å². The summed E-state index contributed by atoms with van der Waals surface area (Å²) in [6.45, 7) is 3.28. The lowest BCUT2D eigenvalue weighted by molar-refractivity contribution is 0.192. The number of aromatic nitrogens is 4. The van der Waals surface area contributed by atoms with Gasteiger partial charge in [0.25, 0.3) is 0 Å². The van der Waals surface area contributed by atoms with Crippen molar-refractivity contribution >= 4 is 22.7 Å². The van der Waals surface area contributed by atoms with Gasteiger partial charge in [0, 0.05) is 85.6 Å². The second kappa shape index (κ2) is 12.9. The average Bonchev–Trinajstić information content (AvgIpc) is 3.63. The van der Waals surface area contributed by atoms with Crippen LogP contribution in [0.1, 0.15) is 12.8 Å². The van der Waals surface area contributed by atoms with Crippen LogP contribution in [-0.4, -0.2) is 65.1 Å². The van der Waals surface area contributed by atoms with Crippen molar-refractivity contribution in [3.8, 4) is 34.0 Å². The van der Waals surface area contributed by atoms with Crippen LogP contribution in [0.15, 0.2) is 97.6 Å². The molecule has 0 N–H and O–H groups in total. The van der Waals surface area contributed by atoms with Crippen LogP contribution in [0.25, 0.3) is 33.8 Å². The van der Waals surface area contributed by atoms with Crippen molar-refractivity contribution in [2.75, 3.05) is 56.1 Å². The van der Waals surface area contributed by atoms with E-state index in [2.05, 4.69) is 45.2 Å². The summed E-state index contributed by atoms with van der Waals surface area (Å²) in [7, 11) is 0. The molecule has 230 valence electrons. The Hall–Kier alpha value is -5.12. The van der Waals surface area contributed by atoms with Crippen LogP contribution in [0, 0.1) is 0 Å². The number of alkyl halides is 2. The van der Waals surface area contributed by atoms with Crippen LogP contribution in [0.5, 0.6) is 11.5 Å². The third-order valence-electron chi connectivity index (χ3n) is 8.18. The number of hydrogen-bond acceptors (Lipinski definition) is 6. The SMILES string of the molecule is FCCOc1ccc(-c2cn3ccc(N4CCC4)cc3n2)cc1.FCOc1cccc(-c2cn3ccc(N4CCC4)cc3n2)c1. The molecule has 2 aliphatic rings. The summed E-state index contributed by atoms with van der Waals surface area (Å²) >= 11 is 0. The maximum Gasteiger partial charge on any atom is 0.228 e. The Balaban J connectivity index is 0.000000145. The molecule has 2 aliphatic heterocycles. The molecule has 0 atom stereocenters. The Labute approximate surface area is 260 Å². The zero-order valence-electron chi connectivity index (χ0n) is 24.9. The van der Waals surface area contributed by atoms with E-state index in [1.54, 1.807) is 12.1 Å². The van der Waals surface area contributed by atoms with Crippen molar-refractivity contribution < 1.29 is 18.3 Å². The number of pyridine rings is 2. The van der Waals surface area contributed by atoms with Gasteiger partial charge in [-0.2, -0.15) is 0 Å². The predicted molar refractivity (Wildman–Crippen MR) is 173 cm³/mol. The lowest BCUT2D eigenvalue weighted by Gasteiger charge is -2.33. The molecule has 2 saturated heterocycles. The topological polar surface area (TPSA) is 59.5 Å². The first kappa shape index (κ1) is 28.6. The largest absolute Gasteiger partial charge is 0.491 e. The van der Waals surface area contributed by atoms with Gasteiger partial charge in [-0.15, -0.1) is 0 Å². The number of rotatable bonds is 9. The molecular weight excluding hydrogens is 574 g/mol. The van der Waals surface area contributed by atoms with Crippen LogP contribution in [0.2, 0.25) is 0 Å². The number of nitrogens with zero attached hydrogens (tertiary/aromatic N) is 6. The Morgan fingerprint density at radius 1 is 0.622 bits per heavy atom. The molecule has 6 aromatic rings. The smallest absolute Gasteiger partial charge is 0.228 e. The Kier molecular flexibility index (Phi) is 8.18. The summed E-state index contributed by atoms with van der Waals surface area (Å²) in [6, 6.07) is 23.4. The molecule has 8 nitrogen and oxygen atoms in total. The fraction of sp³-hybridized carbons (Fsp3) is 0.257. The van der Waals surface area contributed by atoms with E-state index in [9.17, 15) is 8.78 Å². The highest BCUT2D eigenvalue weighted by molar-refractivity contribution is 5.68. The third-order valence-corrected chi connectivity index (χ3v) is 8.18. The molecule has 45 heavy (non-hydrogen) atoms. The van der Waals surface area contributed by atoms with E-state index in [0.717, 1.165) is 60.0 Å². The number of hydrogen-bond donors (Lipinski definition) is 0. The van der Waals surface area contributed by atoms with Crippen LogP contribution < -0.4 is 19.3 Å². The second-order valence-corrected chi connectivity index (χ2v) is 11.1. The van der Waals surface area contributed by atoms with Crippen LogP contribution in [0.3, 0.4) is 0 Å². The highest BCUT2D eigenvalue weighted by Gasteiger charge is 2.16. The molecule has 6 heterocycles. The molecule has 0 unspecified atom stereocenters. The van der Waals surface area contributed by atoms with Gasteiger partial charge in [0.15, 0.2) is 0 Å². The van der Waals surface area contributed by atoms with Crippen molar-refractivity contribution in [1.82, 2.24) is 18.8 Å². The number of ether oxygens (including phenoxy) is 2. The van der Waals surface area contributed by atoms with Gasteiger partial charge in [0.1, 0.15) is 36.1 Å². The van der Waals surface area contributed by atoms with Gasteiger partial charge in [-0.3, -0.25) is 0 Å². The summed E-state index contributed by atoms with van der Waals surface area (Å²) < 4.78 is 38.6. The molecule has 4 aromatic heterocycles. The predicted octanol–water partition coefficient (Wildman–Crippen LogP) is 7.08. The van der Waals surface area contributed by atoms with Crippen LogP contribution in [0.4, 0.5) is 20.2 Å². The monoisotopic (exact) mass is 608 g/mol. The highest BCUT2D eigenvalue weighted by atomic mass is 19.1. The zero-order chi connectivity index (χ0) is 30.6. The van der Waals surface area contributed by atoms with E-state index in [1.165, 1.54) is 24.2 Å². The highest BCUT2D eigenvalue weighted by Crippen LogP contribution is 2.28. The minimum atomic E-state index is -0.826. The Morgan fingerprint density at radius 3 is 1.76 bits per heavy atom. The zero-order valence-corrected chi connectivity index (χ0v) is 24.9. The summed E-state index contributed by atoms with van der Waals surface area (Å²) in [5.74, 6) is 1.19. The average molecular weight is 609 g/mol. The maximum absolute atomic E-state index is 12.3. The molecule has 0 saturated carbocycles. The molecule has 0 bridgehead atoms. The summed E-state index contributed by atoms with van der Waals surface area (Å²) in [4.78, 5) is 14.1. The molecule has 10 heteroatoms. The van der Waals surface area contributed by atoms with Gasteiger partial charge in [-0.05, 0) is 61.4 Å². The number of fused-ring (bicyclic) bond motifs is 2. The standard InChI is InChI=1S/C18H18FN3O.C17H16FN3O/c19-7-11-23-16-4-2-14(3-5-16)17-13-22-10-6-15(12-18(22)20-17)21-8-1-9-21;18-12-22-15-4-1-3-13(9-15)16-11-21-8-5-14(10-17(21)19-16)20-6-2-7-20/h2-6,10,12-13H,1,7-9,11H2;1,3-5,8-11H,2,6-7,12H2. The maximum atomic E-state index is 12.3. The van der Waals surface area contributed by atoms with Gasteiger partial charge in [0.05, 0.1) is 11.4 Å². The number of imidazole rings is 2. The van der Waals surface area contributed by atoms with E-state index in [-0.39, 0.29) is 6.61 Å². The van der Waals surface area contributed by atoms with E-state index < -0.39 is 13.5 Å². The van der Waals surface area contributed by atoms with Gasteiger partial charge in [-0.1, -0.05) is 12.1 Å². The molecule has 0 spiro atoms. The number of halogens is 2. The van der Waals surface area contributed by atoms with E-state index >= 15 is 0 Å². The van der Waals surface area contributed by atoms with E-state index in [1.807, 2.05) is 63.8 Å². The van der Waals surface area contributed by atoms with Crippen molar-refractivity contribution in [2.24, 2.45) is 0 Å². The van der Waals surface area contributed by atoms with Crippen molar-refractivity contribution in [3.63, 3.8) is 0 Å². The molecule has 0 amide bonds. The minimum absolute atomic E-state index is 0.0903. The van der Waals surface area contributed by atoms with Crippen LogP contribution in [-0.2, 0) is 0 Å². The summed E-state index contributed by atoms with van der Waals surface area (Å²) in [5, 5.41) is 0. The summed E-state index contributed by atoms with van der Waals surface area (Å²) in [6.07, 6.45) is 10.6. The first-order chi connectivity index (χ1) is 22.2. The van der Waals surface area contributed by atoms with Crippen molar-refractivity contribution in [1.29, 1.82) is 0 Å². The van der Waals surface area contributed by atoms with Gasteiger partial charge < -0.3 is 28.1 Å². The number of anilines is 2. The fourth-order valence-electron chi connectivity index (χ4n) is 5.45. The molecule has 0 aliphatic carbocycles. The minimum Gasteiger partial charge on any atom is -0.491 e. The van der Waals surface area contributed by atoms with Gasteiger partial charge in [0.2, 0.25) is 6.86 Å². The molecule has 0 radical (unpaired) electrons. The van der Waals surface area contributed by atoms with Gasteiger partial charge in [-0.25, -0.2) is 18.7 Å². The first-order valence-corrected chi connectivity index (χ1v) is 15.2. The molecule has 8 rings (SSSR count). The van der Waals surface area contributed by atoms with Crippen LogP contribution >= 0.6 is 0 Å². The van der Waals surface area contributed by atoms with E-state index in [0.29, 0.717) is 11.5 Å². The normalized spacial score (nSPS) is 14.1. The quantitative estimate of drug-likeness (QED) is 0.175. The third kappa shape index (κ3) is 6.26. The summed E-state index contributed by atoms with van der Waals surface area (Å²) in [5.41, 5.74) is 8.01. The van der Waals surface area contributed by atoms with Crippen molar-refractivity contribution in [2.45, 2.75) is 12.8 Å². The lowest BCUT2D eigenvalue weighted by atomic mass is 10.1. The Bertz CT molecular complexity index is 1900. The lowest BCUT2D eigenvalue weighted by Crippen LogP contribution is -2.36.